The van der Waals surface area contributed by atoms with Crippen LogP contribution in [0.2, 0.25) is 0 Å². The van der Waals surface area contributed by atoms with Crippen molar-refractivity contribution in [3.05, 3.63) is 35.6 Å². The van der Waals surface area contributed by atoms with E-state index in [1.807, 2.05) is 19.9 Å². The minimum Gasteiger partial charge on any atom is -0.387 e. The molecule has 0 radical (unpaired) electrons. The maximum Gasteiger partial charge on any atom is 0.291 e. The molecule has 0 bridgehead atoms. The standard InChI is InChI=1S/C24H31FN6O3.ClH/c1-15(2)21-18-4-3-5-19(25)22(18)31(27-21)24-26-23(34-28-24)17-7-9-29(10-8-17)12-16-6-11-30(13-16)20(33)14-32;/h3-5,15-17,32H,6-14H2,1-2H3;1H/t16-;/m1./s1. The maximum absolute atomic E-state index is 14.7. The fourth-order valence-electron chi connectivity index (χ4n) is 5.23. The fourth-order valence-corrected chi connectivity index (χ4v) is 5.23. The highest BCUT2D eigenvalue weighted by molar-refractivity contribution is 5.85. The first-order valence-electron chi connectivity index (χ1n) is 12.1. The fraction of sp³-hybridized carbons (Fsp3) is 0.583. The van der Waals surface area contributed by atoms with E-state index in [2.05, 4.69) is 20.1 Å². The second-order valence-corrected chi connectivity index (χ2v) is 9.75. The average Bonchev–Trinajstić information content (AvgIpc) is 3.58. The monoisotopic (exact) mass is 506 g/mol. The van der Waals surface area contributed by atoms with Gasteiger partial charge in [0.15, 0.2) is 0 Å². The molecule has 2 fully saturated rings. The van der Waals surface area contributed by atoms with Gasteiger partial charge in [0.2, 0.25) is 11.8 Å². The quantitative estimate of drug-likeness (QED) is 0.548. The van der Waals surface area contributed by atoms with Gasteiger partial charge < -0.3 is 19.4 Å². The van der Waals surface area contributed by atoms with Gasteiger partial charge in [-0.2, -0.15) is 14.8 Å². The van der Waals surface area contributed by atoms with Gasteiger partial charge in [-0.25, -0.2) is 4.39 Å². The van der Waals surface area contributed by atoms with Crippen molar-refractivity contribution in [1.82, 2.24) is 29.7 Å². The summed E-state index contributed by atoms with van der Waals surface area (Å²) in [6.45, 7) is 7.89. The molecule has 1 atom stereocenters. The molecule has 1 amide bonds. The first kappa shape index (κ1) is 25.5. The van der Waals surface area contributed by atoms with Crippen molar-refractivity contribution in [2.24, 2.45) is 5.92 Å². The summed E-state index contributed by atoms with van der Waals surface area (Å²) >= 11 is 0. The molecule has 1 N–H and O–H groups in total. The SMILES string of the molecule is CC(C)c1nn(-c2noc(C3CCN(C[C@H]4CCN(C(=O)CO)C4)CC3)n2)c2c(F)cccc12.Cl. The molecule has 0 aliphatic carbocycles. The minimum absolute atomic E-state index is 0. The zero-order valence-corrected chi connectivity index (χ0v) is 20.9. The Kier molecular flexibility index (Phi) is 7.73. The maximum atomic E-state index is 14.7. The molecule has 2 aliphatic rings. The molecule has 2 saturated heterocycles. The normalized spacial score (nSPS) is 19.6. The largest absolute Gasteiger partial charge is 0.387 e. The number of likely N-dealkylation sites (tertiary alicyclic amines) is 2. The van der Waals surface area contributed by atoms with Gasteiger partial charge in [-0.15, -0.1) is 12.4 Å². The molecule has 1 aromatic carbocycles. The number of aliphatic hydroxyl groups excluding tert-OH is 1. The molecular formula is C24H32ClFN6O3. The van der Waals surface area contributed by atoms with E-state index in [4.69, 9.17) is 9.63 Å². The van der Waals surface area contributed by atoms with Gasteiger partial charge in [0.25, 0.3) is 5.95 Å². The molecule has 3 aromatic rings. The Bertz CT molecular complexity index is 1170. The highest BCUT2D eigenvalue weighted by atomic mass is 35.5. The van der Waals surface area contributed by atoms with Crippen molar-refractivity contribution < 1.29 is 18.8 Å². The van der Waals surface area contributed by atoms with Gasteiger partial charge in [0.05, 0.1) is 5.69 Å². The Labute approximate surface area is 209 Å². The van der Waals surface area contributed by atoms with Crippen LogP contribution in [-0.4, -0.2) is 80.1 Å². The second-order valence-electron chi connectivity index (χ2n) is 9.75. The van der Waals surface area contributed by atoms with Crippen molar-refractivity contribution in [2.75, 3.05) is 39.3 Å². The summed E-state index contributed by atoms with van der Waals surface area (Å²) in [5, 5.41) is 18.6. The van der Waals surface area contributed by atoms with Crippen LogP contribution in [0.25, 0.3) is 16.9 Å². The number of hydrogen-bond acceptors (Lipinski definition) is 7. The summed E-state index contributed by atoms with van der Waals surface area (Å²) in [6.07, 6.45) is 2.78. The highest BCUT2D eigenvalue weighted by Crippen LogP contribution is 2.31. The second kappa shape index (κ2) is 10.6. The molecule has 0 spiro atoms. The van der Waals surface area contributed by atoms with E-state index < -0.39 is 6.61 Å². The number of fused-ring (bicyclic) bond motifs is 1. The molecule has 0 unspecified atom stereocenters. The van der Waals surface area contributed by atoms with Crippen molar-refractivity contribution >= 4 is 29.2 Å². The topological polar surface area (TPSA) is 101 Å². The van der Waals surface area contributed by atoms with E-state index in [1.54, 1.807) is 11.0 Å². The number of rotatable bonds is 6. The van der Waals surface area contributed by atoms with Crippen molar-refractivity contribution in [1.29, 1.82) is 0 Å². The van der Waals surface area contributed by atoms with Gasteiger partial charge in [-0.3, -0.25) is 4.79 Å². The van der Waals surface area contributed by atoms with Crippen LogP contribution in [0.4, 0.5) is 4.39 Å². The zero-order chi connectivity index (χ0) is 23.8. The molecule has 2 aromatic heterocycles. The molecule has 9 nitrogen and oxygen atoms in total. The van der Waals surface area contributed by atoms with Crippen molar-refractivity contribution in [3.8, 4) is 5.95 Å². The van der Waals surface area contributed by atoms with Crippen LogP contribution in [0, 0.1) is 11.7 Å². The third-order valence-electron chi connectivity index (χ3n) is 7.08. The van der Waals surface area contributed by atoms with Crippen LogP contribution < -0.4 is 0 Å². The van der Waals surface area contributed by atoms with Gasteiger partial charge in [-0.1, -0.05) is 26.0 Å². The summed E-state index contributed by atoms with van der Waals surface area (Å²) in [7, 11) is 0. The van der Waals surface area contributed by atoms with E-state index in [1.165, 1.54) is 10.7 Å². The number of amides is 1. The Hall–Kier alpha value is -2.56. The van der Waals surface area contributed by atoms with Gasteiger partial charge in [-0.05, 0) is 55.4 Å². The van der Waals surface area contributed by atoms with Crippen molar-refractivity contribution in [3.63, 3.8) is 0 Å². The Morgan fingerprint density at radius 3 is 2.71 bits per heavy atom. The first-order chi connectivity index (χ1) is 16.4. The lowest BCUT2D eigenvalue weighted by molar-refractivity contribution is -0.133. The van der Waals surface area contributed by atoms with Gasteiger partial charge in [0.1, 0.15) is 17.9 Å². The number of aliphatic hydroxyl groups is 1. The van der Waals surface area contributed by atoms with E-state index in [0.717, 1.165) is 63.1 Å². The van der Waals surface area contributed by atoms with E-state index >= 15 is 0 Å². The molecule has 11 heteroatoms. The van der Waals surface area contributed by atoms with Gasteiger partial charge >= 0.3 is 0 Å². The lowest BCUT2D eigenvalue weighted by Crippen LogP contribution is -2.38. The number of carbonyl (C=O) groups excluding carboxylic acids is 1. The molecule has 2 aliphatic heterocycles. The number of hydrogen-bond donors (Lipinski definition) is 1. The van der Waals surface area contributed by atoms with Crippen LogP contribution in [0.5, 0.6) is 0 Å². The summed E-state index contributed by atoms with van der Waals surface area (Å²) in [4.78, 5) is 20.5. The summed E-state index contributed by atoms with van der Waals surface area (Å²) in [6, 6.07) is 4.99. The van der Waals surface area contributed by atoms with Crippen LogP contribution in [-0.2, 0) is 4.79 Å². The molecule has 4 heterocycles. The summed E-state index contributed by atoms with van der Waals surface area (Å²) < 4.78 is 21.8. The summed E-state index contributed by atoms with van der Waals surface area (Å²) in [5.41, 5.74) is 1.18. The zero-order valence-electron chi connectivity index (χ0n) is 20.1. The summed E-state index contributed by atoms with van der Waals surface area (Å²) in [5.74, 6) is 1.03. The van der Waals surface area contributed by atoms with Crippen molar-refractivity contribution in [2.45, 2.75) is 44.9 Å². The first-order valence-corrected chi connectivity index (χ1v) is 12.1. The Morgan fingerprint density at radius 2 is 2.00 bits per heavy atom. The van der Waals surface area contributed by atoms with Crippen LogP contribution in [0.1, 0.15) is 56.5 Å². The van der Waals surface area contributed by atoms with Crippen LogP contribution in [0.3, 0.4) is 0 Å². The number of aromatic nitrogens is 4. The molecule has 5 rings (SSSR count). The predicted molar refractivity (Wildman–Crippen MR) is 130 cm³/mol. The number of halogens is 2. The molecule has 0 saturated carbocycles. The smallest absolute Gasteiger partial charge is 0.291 e. The number of piperidine rings is 1. The predicted octanol–water partition coefficient (Wildman–Crippen LogP) is 3.11. The van der Waals surface area contributed by atoms with Gasteiger partial charge in [0, 0.05) is 30.9 Å². The van der Waals surface area contributed by atoms with E-state index in [9.17, 15) is 9.18 Å². The molecular weight excluding hydrogens is 475 g/mol. The highest BCUT2D eigenvalue weighted by Gasteiger charge is 2.31. The third kappa shape index (κ3) is 5.05. The van der Waals surface area contributed by atoms with Crippen LogP contribution >= 0.6 is 12.4 Å². The number of para-hydroxylation sites is 1. The average molecular weight is 507 g/mol. The Morgan fingerprint density at radius 1 is 1.23 bits per heavy atom. The third-order valence-corrected chi connectivity index (χ3v) is 7.08. The minimum atomic E-state index is -0.413. The number of carbonyl (C=O) groups is 1. The van der Waals surface area contributed by atoms with Crippen LogP contribution in [0.15, 0.2) is 22.7 Å². The molecule has 190 valence electrons. The van der Waals surface area contributed by atoms with E-state index in [-0.39, 0.29) is 41.9 Å². The Balaban J connectivity index is 0.00000289. The lowest BCUT2D eigenvalue weighted by atomic mass is 9.95. The molecule has 35 heavy (non-hydrogen) atoms. The van der Waals surface area contributed by atoms with E-state index in [0.29, 0.717) is 17.3 Å². The number of benzene rings is 1. The lowest BCUT2D eigenvalue weighted by Gasteiger charge is -2.32. The number of nitrogens with zero attached hydrogens (tertiary/aromatic N) is 6.